The molecule has 2 saturated carbocycles. The number of likely N-dealkylation sites (tertiary alicyclic amines) is 1. The van der Waals surface area contributed by atoms with Crippen LogP contribution in [0.15, 0.2) is 48.5 Å². The van der Waals surface area contributed by atoms with Gasteiger partial charge in [-0.2, -0.15) is 0 Å². The van der Waals surface area contributed by atoms with E-state index in [1.54, 1.807) is 26.4 Å². The first kappa shape index (κ1) is 27.0. The van der Waals surface area contributed by atoms with Crippen molar-refractivity contribution in [2.24, 2.45) is 24.6 Å². The standard InChI is InChI=1S/C34H36N6O4/c1-38-30-24(13-21(15-28(30)43-2)34(42)40-17-20-10-12-25(40)29(20)35)37-33(38)26-14-19-9-11-23(22-5-4-6-27(41)31(22)44-3)36-32(19)39(26)16-18-7-8-18/h4-6,9,11,13-15,18,20,25,29,41H,7-8,10,12,16-17,35H2,1-3H3/t20?,25?,29-/m1/s1. The number of hydrogen-bond acceptors (Lipinski definition) is 7. The van der Waals surface area contributed by atoms with Gasteiger partial charge in [0.1, 0.15) is 16.9 Å². The summed E-state index contributed by atoms with van der Waals surface area (Å²) in [7, 11) is 5.17. The van der Waals surface area contributed by atoms with Crippen molar-refractivity contribution in [3.05, 3.63) is 54.1 Å². The molecule has 5 aromatic rings. The summed E-state index contributed by atoms with van der Waals surface area (Å²) < 4.78 is 15.7. The van der Waals surface area contributed by atoms with Crippen molar-refractivity contribution in [3.63, 3.8) is 0 Å². The number of imidazole rings is 1. The molecular formula is C34H36N6O4. The first-order chi connectivity index (χ1) is 21.4. The normalized spacial score (nSPS) is 21.1. The first-order valence-corrected chi connectivity index (χ1v) is 15.3. The SMILES string of the molecule is COc1c(O)cccc1-c1ccc2cc(-c3nc4cc(C(=O)N5CC6CCC5[C@@H]6N)cc(OC)c4n3C)n(CC3CC3)c2n1. The number of phenols is 1. The number of pyridine rings is 1. The van der Waals surface area contributed by atoms with Crippen LogP contribution in [0.5, 0.6) is 17.2 Å². The van der Waals surface area contributed by atoms with E-state index in [4.69, 9.17) is 25.2 Å². The number of para-hydroxylation sites is 1. The average Bonchev–Trinajstić information content (AvgIpc) is 3.44. The molecule has 226 valence electrons. The van der Waals surface area contributed by atoms with Crippen LogP contribution in [0.3, 0.4) is 0 Å². The Morgan fingerprint density at radius 3 is 2.59 bits per heavy atom. The first-order valence-electron chi connectivity index (χ1n) is 15.3. The number of nitrogens with two attached hydrogens (primary N) is 1. The van der Waals surface area contributed by atoms with Crippen molar-refractivity contribution >= 4 is 28.0 Å². The fourth-order valence-corrected chi connectivity index (χ4v) is 7.41. The van der Waals surface area contributed by atoms with Gasteiger partial charge in [0.15, 0.2) is 17.3 Å². The smallest absolute Gasteiger partial charge is 0.254 e. The molecule has 2 unspecified atom stereocenters. The number of piperidine rings is 1. The molecule has 3 aromatic heterocycles. The van der Waals surface area contributed by atoms with E-state index in [9.17, 15) is 9.90 Å². The lowest BCUT2D eigenvalue weighted by molar-refractivity contribution is 0.0700. The Morgan fingerprint density at radius 1 is 1.05 bits per heavy atom. The van der Waals surface area contributed by atoms with Gasteiger partial charge in [-0.25, -0.2) is 9.97 Å². The van der Waals surface area contributed by atoms with E-state index >= 15 is 0 Å². The minimum Gasteiger partial charge on any atom is -0.504 e. The molecule has 1 saturated heterocycles. The van der Waals surface area contributed by atoms with E-state index in [0.29, 0.717) is 41.0 Å². The van der Waals surface area contributed by atoms with Crippen LogP contribution in [0.4, 0.5) is 0 Å². The lowest BCUT2D eigenvalue weighted by Gasteiger charge is -2.27. The minimum absolute atomic E-state index is 0.0120. The number of aryl methyl sites for hydroxylation is 1. The zero-order valence-electron chi connectivity index (χ0n) is 25.2. The summed E-state index contributed by atoms with van der Waals surface area (Å²) >= 11 is 0. The van der Waals surface area contributed by atoms with Crippen molar-refractivity contribution in [2.45, 2.75) is 44.3 Å². The molecule has 2 aliphatic carbocycles. The number of nitrogens with zero attached hydrogens (tertiary/aromatic N) is 5. The Bertz CT molecular complexity index is 1960. The third kappa shape index (κ3) is 4.07. The molecule has 0 spiro atoms. The lowest BCUT2D eigenvalue weighted by Crippen LogP contribution is -2.41. The summed E-state index contributed by atoms with van der Waals surface area (Å²) in [5.74, 6) is 2.82. The van der Waals surface area contributed by atoms with E-state index in [0.717, 1.165) is 58.7 Å². The van der Waals surface area contributed by atoms with E-state index in [1.807, 2.05) is 40.8 Å². The number of phenolic OH excluding ortho intramolecular Hbond substituents is 1. The van der Waals surface area contributed by atoms with Crippen LogP contribution >= 0.6 is 0 Å². The van der Waals surface area contributed by atoms with Crippen LogP contribution in [-0.2, 0) is 13.6 Å². The fourth-order valence-electron chi connectivity index (χ4n) is 7.41. The molecule has 3 N–H and O–H groups in total. The molecule has 2 bridgehead atoms. The van der Waals surface area contributed by atoms with Crippen molar-refractivity contribution < 1.29 is 19.4 Å². The van der Waals surface area contributed by atoms with Gasteiger partial charge < -0.3 is 34.3 Å². The van der Waals surface area contributed by atoms with Gasteiger partial charge in [0.05, 0.1) is 31.1 Å². The van der Waals surface area contributed by atoms with Crippen LogP contribution in [0.2, 0.25) is 0 Å². The highest BCUT2D eigenvalue weighted by molar-refractivity contribution is 6.00. The third-order valence-corrected chi connectivity index (χ3v) is 9.90. The molecule has 1 aliphatic heterocycles. The number of aromatic hydroxyl groups is 1. The zero-order chi connectivity index (χ0) is 30.3. The van der Waals surface area contributed by atoms with Crippen LogP contribution < -0.4 is 15.2 Å². The maximum absolute atomic E-state index is 13.7. The highest BCUT2D eigenvalue weighted by Crippen LogP contribution is 2.41. The summed E-state index contributed by atoms with van der Waals surface area (Å²) in [5.41, 5.74) is 11.8. The second-order valence-electron chi connectivity index (χ2n) is 12.5. The fraction of sp³-hybridized carbons (Fsp3) is 0.382. The molecule has 0 radical (unpaired) electrons. The number of benzene rings is 2. The van der Waals surface area contributed by atoms with Gasteiger partial charge >= 0.3 is 0 Å². The number of ether oxygens (including phenoxy) is 2. The molecule has 1 amide bonds. The molecule has 2 aromatic carbocycles. The predicted octanol–water partition coefficient (Wildman–Crippen LogP) is 4.95. The van der Waals surface area contributed by atoms with Crippen LogP contribution in [0.25, 0.3) is 44.8 Å². The van der Waals surface area contributed by atoms with E-state index in [1.165, 1.54) is 12.8 Å². The molecule has 8 rings (SSSR count). The van der Waals surface area contributed by atoms with Crippen LogP contribution in [0, 0.1) is 11.8 Å². The van der Waals surface area contributed by atoms with Crippen molar-refractivity contribution in [3.8, 4) is 40.0 Å². The van der Waals surface area contributed by atoms with Crippen molar-refractivity contribution in [2.75, 3.05) is 20.8 Å². The van der Waals surface area contributed by atoms with E-state index < -0.39 is 0 Å². The number of aromatic nitrogens is 4. The van der Waals surface area contributed by atoms with Crippen molar-refractivity contribution in [1.82, 2.24) is 24.0 Å². The van der Waals surface area contributed by atoms with Gasteiger partial charge in [0.25, 0.3) is 5.91 Å². The summed E-state index contributed by atoms with van der Waals surface area (Å²) in [6.07, 6.45) is 4.42. The highest BCUT2D eigenvalue weighted by Gasteiger charge is 2.47. The summed E-state index contributed by atoms with van der Waals surface area (Å²) in [4.78, 5) is 25.9. The average molecular weight is 593 g/mol. The largest absolute Gasteiger partial charge is 0.504 e. The quantitative estimate of drug-likeness (QED) is 0.274. The van der Waals surface area contributed by atoms with Gasteiger partial charge in [-0.3, -0.25) is 4.79 Å². The molecule has 3 aliphatic rings. The minimum atomic E-state index is -0.0120. The number of carbonyl (C=O) groups excluding carboxylic acids is 1. The highest BCUT2D eigenvalue weighted by atomic mass is 16.5. The zero-order valence-corrected chi connectivity index (χ0v) is 25.2. The Labute approximate surface area is 255 Å². The Hall–Kier alpha value is -4.57. The van der Waals surface area contributed by atoms with Gasteiger partial charge in [0, 0.05) is 48.7 Å². The number of hydrogen-bond donors (Lipinski definition) is 2. The Morgan fingerprint density at radius 2 is 1.89 bits per heavy atom. The van der Waals surface area contributed by atoms with E-state index in [-0.39, 0.29) is 23.7 Å². The summed E-state index contributed by atoms with van der Waals surface area (Å²) in [5, 5.41) is 11.4. The monoisotopic (exact) mass is 592 g/mol. The van der Waals surface area contributed by atoms with Crippen molar-refractivity contribution in [1.29, 1.82) is 0 Å². The molecule has 4 heterocycles. The second kappa shape index (κ2) is 9.99. The number of fused-ring (bicyclic) bond motifs is 4. The molecule has 10 heteroatoms. The number of methoxy groups -OCH3 is 2. The van der Waals surface area contributed by atoms with Crippen LogP contribution in [-0.4, -0.2) is 67.9 Å². The third-order valence-electron chi connectivity index (χ3n) is 9.90. The van der Waals surface area contributed by atoms with Crippen LogP contribution in [0.1, 0.15) is 36.0 Å². The van der Waals surface area contributed by atoms with Gasteiger partial charge in [-0.15, -0.1) is 0 Å². The summed E-state index contributed by atoms with van der Waals surface area (Å²) in [6.45, 7) is 1.54. The number of rotatable bonds is 7. The van der Waals surface area contributed by atoms with E-state index in [2.05, 4.69) is 16.7 Å². The van der Waals surface area contributed by atoms with Gasteiger partial charge in [0.2, 0.25) is 0 Å². The van der Waals surface area contributed by atoms with Gasteiger partial charge in [-0.05, 0) is 80.0 Å². The molecular weight excluding hydrogens is 556 g/mol. The predicted molar refractivity (Wildman–Crippen MR) is 168 cm³/mol. The number of amides is 1. The lowest BCUT2D eigenvalue weighted by atomic mass is 10.1. The summed E-state index contributed by atoms with van der Waals surface area (Å²) in [6, 6.07) is 15.3. The molecule has 3 atom stereocenters. The molecule has 3 fully saturated rings. The molecule has 44 heavy (non-hydrogen) atoms. The maximum Gasteiger partial charge on any atom is 0.254 e. The Kier molecular flexibility index (Phi) is 6.13. The Balaban J connectivity index is 1.25. The second-order valence-corrected chi connectivity index (χ2v) is 12.5. The maximum atomic E-state index is 13.7. The van der Waals surface area contributed by atoms with Gasteiger partial charge in [-0.1, -0.05) is 6.07 Å². The topological polar surface area (TPSA) is 121 Å². The molecule has 10 nitrogen and oxygen atoms in total. The number of carbonyl (C=O) groups is 1.